The van der Waals surface area contributed by atoms with Crippen LogP contribution in [0.15, 0.2) is 47.4 Å². The molecule has 0 radical (unpaired) electrons. The van der Waals surface area contributed by atoms with Gasteiger partial charge in [0.1, 0.15) is 5.82 Å². The van der Waals surface area contributed by atoms with Gasteiger partial charge < -0.3 is 9.64 Å². The molecule has 3 aromatic rings. The van der Waals surface area contributed by atoms with Crippen LogP contribution in [-0.2, 0) is 10.0 Å². The number of halogens is 1. The summed E-state index contributed by atoms with van der Waals surface area (Å²) in [5.74, 6) is -0.664. The van der Waals surface area contributed by atoms with E-state index >= 15 is 0 Å². The van der Waals surface area contributed by atoms with Crippen LogP contribution in [0.4, 0.5) is 10.1 Å². The third-order valence-corrected chi connectivity index (χ3v) is 8.20. The van der Waals surface area contributed by atoms with Crippen LogP contribution in [0.1, 0.15) is 9.67 Å². The fourth-order valence-corrected chi connectivity index (χ4v) is 5.98. The monoisotopic (exact) mass is 479 g/mol. The van der Waals surface area contributed by atoms with E-state index in [1.807, 2.05) is 0 Å². The fraction of sp³-hybridized carbons (Fsp3) is 0.250. The number of rotatable bonds is 5. The van der Waals surface area contributed by atoms with Crippen LogP contribution in [0.25, 0.3) is 10.1 Å². The number of hydrogen-bond donors (Lipinski definition) is 0. The first-order valence-electron chi connectivity index (χ1n) is 9.51. The van der Waals surface area contributed by atoms with Crippen molar-refractivity contribution in [1.82, 2.24) is 9.21 Å². The number of thiophene rings is 1. The van der Waals surface area contributed by atoms with E-state index in [1.54, 1.807) is 17.0 Å². The molecule has 2 heterocycles. The van der Waals surface area contributed by atoms with Gasteiger partial charge in [0, 0.05) is 36.9 Å². The van der Waals surface area contributed by atoms with E-state index in [0.717, 1.165) is 10.8 Å². The number of piperazine rings is 1. The molecule has 2 aromatic carbocycles. The molecule has 0 unspecified atom stereocenters. The van der Waals surface area contributed by atoms with Gasteiger partial charge in [0.25, 0.3) is 5.91 Å². The molecule has 168 valence electrons. The molecule has 1 aliphatic heterocycles. The normalized spacial score (nSPS) is 15.1. The van der Waals surface area contributed by atoms with Crippen molar-refractivity contribution in [3.05, 3.63) is 63.3 Å². The van der Waals surface area contributed by atoms with Crippen molar-refractivity contribution < 1.29 is 27.3 Å². The first-order valence-corrected chi connectivity index (χ1v) is 11.8. The quantitative estimate of drug-likeness (QED) is 0.411. The molecule has 1 fully saturated rings. The van der Waals surface area contributed by atoms with Gasteiger partial charge in [-0.25, -0.2) is 12.8 Å². The lowest BCUT2D eigenvalue weighted by Gasteiger charge is -2.33. The maximum atomic E-state index is 13.4. The number of nitro groups is 1. The van der Waals surface area contributed by atoms with Gasteiger partial charge in [0.05, 0.1) is 21.8 Å². The minimum absolute atomic E-state index is 0.0346. The highest BCUT2D eigenvalue weighted by Gasteiger charge is 2.32. The summed E-state index contributed by atoms with van der Waals surface area (Å²) in [5.41, 5.74) is -0.441. The lowest BCUT2D eigenvalue weighted by atomic mass is 10.2. The van der Waals surface area contributed by atoms with Crippen molar-refractivity contribution in [2.24, 2.45) is 0 Å². The molecule has 0 saturated carbocycles. The highest BCUT2D eigenvalue weighted by molar-refractivity contribution is 7.89. The number of sulfonamides is 1. The third-order valence-electron chi connectivity index (χ3n) is 5.20. The number of fused-ring (bicyclic) bond motifs is 1. The SMILES string of the molecule is COc1ccc(S(=O)(=O)N2CCN(C(=O)c3cc4cc(F)ccc4s3)CC2)cc1[N+](=O)[O-]. The van der Waals surface area contributed by atoms with E-state index < -0.39 is 20.6 Å². The van der Waals surface area contributed by atoms with E-state index in [4.69, 9.17) is 4.74 Å². The smallest absolute Gasteiger partial charge is 0.312 e. The molecule has 0 N–H and O–H groups in total. The molecule has 1 aliphatic rings. The highest BCUT2D eigenvalue weighted by atomic mass is 32.2. The Bertz CT molecular complexity index is 1320. The number of carbonyl (C=O) groups is 1. The molecular formula is C20H18FN3O6S2. The molecule has 0 atom stereocenters. The van der Waals surface area contributed by atoms with Gasteiger partial charge in [-0.05, 0) is 41.8 Å². The molecule has 9 nitrogen and oxygen atoms in total. The number of hydrogen-bond acceptors (Lipinski definition) is 7. The molecule has 12 heteroatoms. The molecule has 4 rings (SSSR count). The molecule has 1 aromatic heterocycles. The van der Waals surface area contributed by atoms with Crippen LogP contribution in [0.5, 0.6) is 5.75 Å². The third kappa shape index (κ3) is 4.04. The van der Waals surface area contributed by atoms with Crippen LogP contribution in [0, 0.1) is 15.9 Å². The minimum atomic E-state index is -3.99. The van der Waals surface area contributed by atoms with Gasteiger partial charge in [0.15, 0.2) is 5.75 Å². The predicted molar refractivity (Wildman–Crippen MR) is 116 cm³/mol. The van der Waals surface area contributed by atoms with Crippen molar-refractivity contribution in [2.45, 2.75) is 4.90 Å². The molecule has 0 bridgehead atoms. The van der Waals surface area contributed by atoms with E-state index in [0.29, 0.717) is 10.3 Å². The lowest BCUT2D eigenvalue weighted by Crippen LogP contribution is -2.50. The lowest BCUT2D eigenvalue weighted by molar-refractivity contribution is -0.386. The van der Waals surface area contributed by atoms with Gasteiger partial charge in [-0.15, -0.1) is 11.3 Å². The van der Waals surface area contributed by atoms with Gasteiger partial charge in [-0.1, -0.05) is 0 Å². The van der Waals surface area contributed by atoms with Crippen molar-refractivity contribution >= 4 is 43.0 Å². The van der Waals surface area contributed by atoms with E-state index in [-0.39, 0.29) is 48.5 Å². The summed E-state index contributed by atoms with van der Waals surface area (Å²) >= 11 is 1.25. The number of carbonyl (C=O) groups excluding carboxylic acids is 1. The summed E-state index contributed by atoms with van der Waals surface area (Å²) in [6.07, 6.45) is 0. The molecule has 0 spiro atoms. The summed E-state index contributed by atoms with van der Waals surface area (Å²) in [4.78, 5) is 25.2. The molecule has 1 saturated heterocycles. The van der Waals surface area contributed by atoms with Gasteiger partial charge in [-0.2, -0.15) is 4.31 Å². The average Bonchev–Trinajstić information content (AvgIpc) is 3.21. The van der Waals surface area contributed by atoms with Crippen LogP contribution in [0.2, 0.25) is 0 Å². The van der Waals surface area contributed by atoms with E-state index in [2.05, 4.69) is 0 Å². The number of methoxy groups -OCH3 is 1. The molecule has 1 amide bonds. The zero-order chi connectivity index (χ0) is 23.0. The summed E-state index contributed by atoms with van der Waals surface area (Å²) in [5, 5.41) is 11.9. The predicted octanol–water partition coefficient (Wildman–Crippen LogP) is 3.10. The summed E-state index contributed by atoms with van der Waals surface area (Å²) in [6.45, 7) is 0.429. The van der Waals surface area contributed by atoms with Crippen molar-refractivity contribution in [3.63, 3.8) is 0 Å². The molecule has 0 aliphatic carbocycles. The Kier molecular flexibility index (Phi) is 5.84. The van der Waals surface area contributed by atoms with Crippen LogP contribution in [0.3, 0.4) is 0 Å². The number of nitro benzene ring substituents is 1. The van der Waals surface area contributed by atoms with E-state index in [9.17, 15) is 27.7 Å². The topological polar surface area (TPSA) is 110 Å². The van der Waals surface area contributed by atoms with Gasteiger partial charge >= 0.3 is 5.69 Å². The van der Waals surface area contributed by atoms with E-state index in [1.165, 1.54) is 47.0 Å². The second kappa shape index (κ2) is 8.45. The Hall–Kier alpha value is -3.09. The first-order chi connectivity index (χ1) is 15.2. The van der Waals surface area contributed by atoms with Crippen LogP contribution in [-0.4, -0.2) is 61.7 Å². The van der Waals surface area contributed by atoms with Gasteiger partial charge in [0.2, 0.25) is 10.0 Å². The summed E-state index contributed by atoms with van der Waals surface area (Å²) < 4.78 is 46.3. The minimum Gasteiger partial charge on any atom is -0.490 e. The molecular weight excluding hydrogens is 461 g/mol. The summed E-state index contributed by atoms with van der Waals surface area (Å²) in [6, 6.07) is 9.42. The summed E-state index contributed by atoms with van der Waals surface area (Å²) in [7, 11) is -2.72. The highest BCUT2D eigenvalue weighted by Crippen LogP contribution is 2.31. The standard InChI is InChI=1S/C20H18FN3O6S2/c1-30-17-4-3-15(12-16(17)24(26)27)32(28,29)23-8-6-22(7-9-23)20(25)19-11-13-10-14(21)2-5-18(13)31-19/h2-5,10-12H,6-9H2,1H3. The maximum absolute atomic E-state index is 13.4. The zero-order valence-electron chi connectivity index (χ0n) is 16.9. The Morgan fingerprint density at radius 2 is 1.84 bits per heavy atom. The van der Waals surface area contributed by atoms with Crippen molar-refractivity contribution in [1.29, 1.82) is 0 Å². The largest absolute Gasteiger partial charge is 0.490 e. The Balaban J connectivity index is 1.49. The average molecular weight is 480 g/mol. The Morgan fingerprint density at radius 1 is 1.12 bits per heavy atom. The number of nitrogens with zero attached hydrogens (tertiary/aromatic N) is 3. The first kappa shape index (κ1) is 22.1. The maximum Gasteiger partial charge on any atom is 0.312 e. The Labute approximate surface area is 186 Å². The fourth-order valence-electron chi connectivity index (χ4n) is 3.53. The molecule has 32 heavy (non-hydrogen) atoms. The number of ether oxygens (including phenoxy) is 1. The Morgan fingerprint density at radius 3 is 2.50 bits per heavy atom. The number of amides is 1. The van der Waals surface area contributed by atoms with Gasteiger partial charge in [-0.3, -0.25) is 14.9 Å². The zero-order valence-corrected chi connectivity index (χ0v) is 18.5. The van der Waals surface area contributed by atoms with Crippen LogP contribution < -0.4 is 4.74 Å². The second-order valence-corrected chi connectivity index (χ2v) is 10.1. The second-order valence-electron chi connectivity index (χ2n) is 7.08. The number of benzene rings is 2. The van der Waals surface area contributed by atoms with Crippen LogP contribution >= 0.6 is 11.3 Å². The van der Waals surface area contributed by atoms with Crippen molar-refractivity contribution in [2.75, 3.05) is 33.3 Å². The van der Waals surface area contributed by atoms with Crippen molar-refractivity contribution in [3.8, 4) is 5.75 Å².